The number of carbonyl (C=O) groups excluding carboxylic acids is 2. The van der Waals surface area contributed by atoms with E-state index in [-0.39, 0.29) is 23.9 Å². The van der Waals surface area contributed by atoms with Crippen LogP contribution in [-0.4, -0.2) is 52.8 Å². The van der Waals surface area contributed by atoms with Gasteiger partial charge < -0.3 is 9.80 Å². The van der Waals surface area contributed by atoms with Gasteiger partial charge in [0.25, 0.3) is 5.91 Å². The third-order valence-corrected chi connectivity index (χ3v) is 5.46. The molecule has 0 unspecified atom stereocenters. The van der Waals surface area contributed by atoms with Crippen molar-refractivity contribution in [3.05, 3.63) is 89.8 Å². The highest BCUT2D eigenvalue weighted by Gasteiger charge is 2.37. The van der Waals surface area contributed by atoms with Crippen molar-refractivity contribution < 1.29 is 18.4 Å². The van der Waals surface area contributed by atoms with Gasteiger partial charge in [0.2, 0.25) is 5.91 Å². The Balaban J connectivity index is 1.70. The van der Waals surface area contributed by atoms with Crippen molar-refractivity contribution in [3.8, 4) is 11.1 Å². The van der Waals surface area contributed by atoms with Gasteiger partial charge in [0.15, 0.2) is 0 Å². The first-order valence-corrected chi connectivity index (χ1v) is 9.95. The summed E-state index contributed by atoms with van der Waals surface area (Å²) in [5.41, 5.74) is 1.99. The number of rotatable bonds is 4. The van der Waals surface area contributed by atoms with E-state index in [1.165, 1.54) is 23.2 Å². The van der Waals surface area contributed by atoms with Crippen LogP contribution in [0.2, 0.25) is 0 Å². The molecule has 0 N–H and O–H groups in total. The van der Waals surface area contributed by atoms with Crippen molar-refractivity contribution in [2.75, 3.05) is 20.1 Å². The number of piperazine rings is 1. The van der Waals surface area contributed by atoms with E-state index in [9.17, 15) is 18.4 Å². The first kappa shape index (κ1) is 20.7. The average molecular weight is 421 g/mol. The summed E-state index contributed by atoms with van der Waals surface area (Å²) in [6.07, 6.45) is 1.75. The third-order valence-electron chi connectivity index (χ3n) is 5.46. The molecule has 4 rings (SSSR count). The lowest BCUT2D eigenvalue weighted by Gasteiger charge is -2.39. The first-order valence-electron chi connectivity index (χ1n) is 9.95. The molecule has 1 aromatic heterocycles. The maximum Gasteiger partial charge on any atom is 0.273 e. The minimum absolute atomic E-state index is 0.184. The number of likely N-dealkylation sites (N-methyl/N-ethyl adjacent to an activating group) is 1. The van der Waals surface area contributed by atoms with Gasteiger partial charge in [0.1, 0.15) is 23.4 Å². The van der Waals surface area contributed by atoms with Crippen LogP contribution in [-0.2, 0) is 11.2 Å². The van der Waals surface area contributed by atoms with Gasteiger partial charge in [-0.25, -0.2) is 8.78 Å². The lowest BCUT2D eigenvalue weighted by atomic mass is 9.93. The highest BCUT2D eigenvalue weighted by Crippen LogP contribution is 2.28. The van der Waals surface area contributed by atoms with E-state index in [0.717, 1.165) is 11.6 Å². The predicted octanol–water partition coefficient (Wildman–Crippen LogP) is 3.55. The number of pyridine rings is 1. The smallest absolute Gasteiger partial charge is 0.273 e. The van der Waals surface area contributed by atoms with Crippen molar-refractivity contribution in [2.24, 2.45) is 0 Å². The fourth-order valence-electron chi connectivity index (χ4n) is 3.89. The normalized spacial score (nSPS) is 16.5. The van der Waals surface area contributed by atoms with Crippen LogP contribution >= 0.6 is 0 Å². The fourth-order valence-corrected chi connectivity index (χ4v) is 3.89. The molecule has 0 bridgehead atoms. The summed E-state index contributed by atoms with van der Waals surface area (Å²) in [6, 6.07) is 14.8. The number of halogens is 2. The van der Waals surface area contributed by atoms with Gasteiger partial charge in [-0.1, -0.05) is 30.3 Å². The zero-order valence-electron chi connectivity index (χ0n) is 17.0. The fraction of sp³-hybridized carbons (Fsp3) is 0.208. The molecule has 2 aromatic carbocycles. The van der Waals surface area contributed by atoms with Crippen molar-refractivity contribution in [1.82, 2.24) is 14.8 Å². The van der Waals surface area contributed by atoms with Crippen molar-refractivity contribution in [3.63, 3.8) is 0 Å². The van der Waals surface area contributed by atoms with Gasteiger partial charge >= 0.3 is 0 Å². The van der Waals surface area contributed by atoms with Crippen LogP contribution in [0.25, 0.3) is 11.1 Å². The summed E-state index contributed by atoms with van der Waals surface area (Å²) in [5, 5.41) is 0. The topological polar surface area (TPSA) is 53.5 Å². The molecule has 7 heteroatoms. The van der Waals surface area contributed by atoms with E-state index < -0.39 is 17.7 Å². The molecule has 1 aliphatic heterocycles. The van der Waals surface area contributed by atoms with E-state index in [1.54, 1.807) is 48.3 Å². The molecule has 0 spiro atoms. The molecule has 0 radical (unpaired) electrons. The first-order chi connectivity index (χ1) is 14.9. The Hall–Kier alpha value is -3.61. The van der Waals surface area contributed by atoms with E-state index in [4.69, 9.17) is 0 Å². The van der Waals surface area contributed by atoms with Gasteiger partial charge in [-0.3, -0.25) is 14.6 Å². The summed E-state index contributed by atoms with van der Waals surface area (Å²) >= 11 is 0. The Labute approximate surface area is 178 Å². The number of carbonyl (C=O) groups is 2. The van der Waals surface area contributed by atoms with Crippen molar-refractivity contribution >= 4 is 11.8 Å². The molecule has 31 heavy (non-hydrogen) atoms. The number of hydrogen-bond acceptors (Lipinski definition) is 3. The third kappa shape index (κ3) is 4.30. The lowest BCUT2D eigenvalue weighted by Crippen LogP contribution is -2.58. The number of benzene rings is 2. The van der Waals surface area contributed by atoms with Crippen LogP contribution in [0.3, 0.4) is 0 Å². The average Bonchev–Trinajstić information content (AvgIpc) is 2.77. The molecule has 1 aliphatic rings. The summed E-state index contributed by atoms with van der Waals surface area (Å²) < 4.78 is 27.6. The summed E-state index contributed by atoms with van der Waals surface area (Å²) in [5.74, 6) is -1.85. The SMILES string of the molecule is CN1CCN(C(=O)c2ccccn2)[C@H](Cc2ccccc2-c2cc(F)cc(F)c2)C1=O. The predicted molar refractivity (Wildman–Crippen MR) is 112 cm³/mol. The van der Waals surface area contributed by atoms with Crippen LogP contribution in [0.1, 0.15) is 16.1 Å². The molecular formula is C24H21F2N3O2. The Morgan fingerprint density at radius 1 is 1.03 bits per heavy atom. The second kappa shape index (κ2) is 8.63. The zero-order valence-corrected chi connectivity index (χ0v) is 17.0. The molecule has 5 nitrogen and oxygen atoms in total. The molecule has 1 fully saturated rings. The number of aromatic nitrogens is 1. The van der Waals surface area contributed by atoms with Gasteiger partial charge in [-0.15, -0.1) is 0 Å². The summed E-state index contributed by atoms with van der Waals surface area (Å²) in [7, 11) is 1.70. The van der Waals surface area contributed by atoms with Gasteiger partial charge in [0, 0.05) is 38.8 Å². The van der Waals surface area contributed by atoms with Crippen LogP contribution in [0, 0.1) is 11.6 Å². The Bertz CT molecular complexity index is 1100. The summed E-state index contributed by atoms with van der Waals surface area (Å²) in [6.45, 7) is 0.795. The molecule has 3 aromatic rings. The Kier molecular flexibility index (Phi) is 5.75. The molecule has 1 atom stereocenters. The second-order valence-corrected chi connectivity index (χ2v) is 7.51. The molecule has 158 valence electrons. The number of nitrogens with zero attached hydrogens (tertiary/aromatic N) is 3. The summed E-state index contributed by atoms with van der Waals surface area (Å²) in [4.78, 5) is 33.4. The molecular weight excluding hydrogens is 400 g/mol. The maximum atomic E-state index is 13.8. The van der Waals surface area contributed by atoms with Gasteiger partial charge in [-0.05, 0) is 41.0 Å². The largest absolute Gasteiger partial charge is 0.342 e. The van der Waals surface area contributed by atoms with E-state index in [1.807, 2.05) is 6.07 Å². The molecule has 2 heterocycles. The second-order valence-electron chi connectivity index (χ2n) is 7.51. The van der Waals surface area contributed by atoms with E-state index >= 15 is 0 Å². The highest BCUT2D eigenvalue weighted by atomic mass is 19.1. The van der Waals surface area contributed by atoms with Crippen molar-refractivity contribution in [2.45, 2.75) is 12.5 Å². The monoisotopic (exact) mass is 421 g/mol. The highest BCUT2D eigenvalue weighted by molar-refractivity contribution is 5.97. The Morgan fingerprint density at radius 3 is 2.45 bits per heavy atom. The van der Waals surface area contributed by atoms with Crippen molar-refractivity contribution in [1.29, 1.82) is 0 Å². The van der Waals surface area contributed by atoms with Crippen LogP contribution in [0.4, 0.5) is 8.78 Å². The Morgan fingerprint density at radius 2 is 1.74 bits per heavy atom. The maximum absolute atomic E-state index is 13.8. The minimum Gasteiger partial charge on any atom is -0.342 e. The van der Waals surface area contributed by atoms with Crippen LogP contribution < -0.4 is 0 Å². The van der Waals surface area contributed by atoms with E-state index in [0.29, 0.717) is 24.2 Å². The molecule has 0 aliphatic carbocycles. The number of amides is 2. The minimum atomic E-state index is -0.743. The lowest BCUT2D eigenvalue weighted by molar-refractivity contribution is -0.138. The number of hydrogen-bond donors (Lipinski definition) is 0. The standard InChI is InChI=1S/C24H21F2N3O2/c1-28-10-11-29(23(30)21-8-4-5-9-27-21)22(24(28)31)14-16-6-2-3-7-20(16)17-12-18(25)15-19(26)13-17/h2-9,12-13,15,22H,10-11,14H2,1H3/t22-/m1/s1. The van der Waals surface area contributed by atoms with Crippen LogP contribution in [0.5, 0.6) is 0 Å². The molecule has 0 saturated carbocycles. The van der Waals surface area contributed by atoms with Gasteiger partial charge in [-0.2, -0.15) is 0 Å². The van der Waals surface area contributed by atoms with Gasteiger partial charge in [0.05, 0.1) is 0 Å². The van der Waals surface area contributed by atoms with E-state index in [2.05, 4.69) is 4.98 Å². The molecule has 2 amide bonds. The molecule has 1 saturated heterocycles. The quantitative estimate of drug-likeness (QED) is 0.648. The zero-order chi connectivity index (χ0) is 22.0. The van der Waals surface area contributed by atoms with Crippen LogP contribution in [0.15, 0.2) is 66.9 Å².